The minimum Gasteiger partial charge on any atom is -0.549 e. The molecular formula is C36H40F3N3O4-2. The number of alkyl halides is 3. The lowest BCUT2D eigenvalue weighted by Gasteiger charge is -2.62. The van der Waals surface area contributed by atoms with Gasteiger partial charge in [-0.05, 0) is 75.0 Å². The average Bonchev–Trinajstić information content (AvgIpc) is 3.04. The van der Waals surface area contributed by atoms with E-state index in [2.05, 4.69) is 34.5 Å². The summed E-state index contributed by atoms with van der Waals surface area (Å²) in [4.78, 5) is 28.5. The van der Waals surface area contributed by atoms with Gasteiger partial charge >= 0.3 is 6.18 Å². The molecule has 3 aromatic carbocycles. The van der Waals surface area contributed by atoms with Gasteiger partial charge in [0.05, 0.1) is 17.7 Å². The van der Waals surface area contributed by atoms with Crippen molar-refractivity contribution in [3.63, 3.8) is 0 Å². The normalized spacial score (nSPS) is 28.4. The van der Waals surface area contributed by atoms with Gasteiger partial charge in [-0.15, -0.1) is 0 Å². The number of nitrogens with zero attached hydrogens (tertiary/aromatic N) is 1. The van der Waals surface area contributed by atoms with Gasteiger partial charge in [0.2, 0.25) is 0 Å². The molecule has 2 aliphatic heterocycles. The molecule has 0 amide bonds. The number of hydrogen-bond acceptors (Lipinski definition) is 7. The van der Waals surface area contributed by atoms with Crippen LogP contribution < -0.4 is 21.3 Å². The molecule has 0 aromatic heterocycles. The van der Waals surface area contributed by atoms with Crippen LogP contribution in [0, 0.1) is 10.8 Å². The number of carbonyl (C=O) groups excluding carboxylic acids is 2. The Balaban J connectivity index is 1.54. The molecule has 246 valence electrons. The predicted molar refractivity (Wildman–Crippen MR) is 164 cm³/mol. The third-order valence-electron chi connectivity index (χ3n) is 10.9. The SMILES string of the molecule is CCC1(C(=O)[O-])C(c2ccccc2C(F)(F)F)C(CCN2CCC(c3ccccc3)(c3ccccc3)CC2)(C(=O)[O-])C(C)N[C@H]1N. The van der Waals surface area contributed by atoms with Crippen molar-refractivity contribution in [2.45, 2.75) is 69.2 Å². The van der Waals surface area contributed by atoms with Crippen molar-refractivity contribution >= 4 is 11.9 Å². The Hall–Kier alpha value is -3.73. The first-order valence-corrected chi connectivity index (χ1v) is 15.8. The molecule has 3 aromatic rings. The fourth-order valence-corrected chi connectivity index (χ4v) is 8.35. The fourth-order valence-electron chi connectivity index (χ4n) is 8.35. The monoisotopic (exact) mass is 635 g/mol. The van der Waals surface area contributed by atoms with Crippen LogP contribution in [-0.2, 0) is 21.2 Å². The lowest BCUT2D eigenvalue weighted by Crippen LogP contribution is -2.76. The van der Waals surface area contributed by atoms with E-state index in [0.29, 0.717) is 13.1 Å². The lowest BCUT2D eigenvalue weighted by molar-refractivity contribution is -0.337. The summed E-state index contributed by atoms with van der Waals surface area (Å²) in [5.41, 5.74) is 2.68. The Bertz CT molecular complexity index is 1490. The van der Waals surface area contributed by atoms with Crippen molar-refractivity contribution in [2.75, 3.05) is 19.6 Å². The highest BCUT2D eigenvalue weighted by molar-refractivity contribution is 5.82. The Morgan fingerprint density at radius 1 is 0.870 bits per heavy atom. The number of benzene rings is 3. The number of carbonyl (C=O) groups is 2. The molecule has 5 atom stereocenters. The minimum absolute atomic E-state index is 0.161. The number of hydrogen-bond donors (Lipinski definition) is 2. The van der Waals surface area contributed by atoms with Gasteiger partial charge in [0, 0.05) is 34.2 Å². The molecule has 2 saturated heterocycles. The molecule has 7 nitrogen and oxygen atoms in total. The van der Waals surface area contributed by atoms with Crippen LogP contribution >= 0.6 is 0 Å². The van der Waals surface area contributed by atoms with Gasteiger partial charge in [0.1, 0.15) is 0 Å². The lowest BCUT2D eigenvalue weighted by atomic mass is 9.50. The van der Waals surface area contributed by atoms with E-state index >= 15 is 0 Å². The van der Waals surface area contributed by atoms with Crippen molar-refractivity contribution in [1.82, 2.24) is 10.2 Å². The molecule has 0 bridgehead atoms. The Labute approximate surface area is 267 Å². The molecule has 0 saturated carbocycles. The summed E-state index contributed by atoms with van der Waals surface area (Å²) in [6.07, 6.45) is -5.20. The smallest absolute Gasteiger partial charge is 0.416 e. The molecule has 46 heavy (non-hydrogen) atoms. The standard InChI is InChI=1S/C36H42F3N3O4/c1-3-34(31(43)44)29(27-16-10-11-17-28(27)36(37,38)39)35(32(45)46,24(2)41-30(34)40)20-23-42-21-18-33(19-22-42,25-12-6-4-7-13-25)26-14-8-5-9-15-26/h4-17,24,29-30,41H,3,18-23,40H2,1-2H3,(H,43,44)(H,45,46)/p-2/t24?,29?,30-,34?,35?/m1/s1. The van der Waals surface area contributed by atoms with Crippen molar-refractivity contribution in [2.24, 2.45) is 16.6 Å². The molecule has 0 aliphatic carbocycles. The zero-order valence-corrected chi connectivity index (χ0v) is 26.1. The van der Waals surface area contributed by atoms with Crippen LogP contribution in [0.2, 0.25) is 0 Å². The van der Waals surface area contributed by atoms with Crippen LogP contribution in [0.25, 0.3) is 0 Å². The summed E-state index contributed by atoms with van der Waals surface area (Å²) in [5, 5.41) is 29.3. The number of halogens is 3. The van der Waals surface area contributed by atoms with E-state index in [-0.39, 0.29) is 24.8 Å². The van der Waals surface area contributed by atoms with Crippen LogP contribution in [0.1, 0.15) is 67.7 Å². The van der Waals surface area contributed by atoms with Gasteiger partial charge in [0.15, 0.2) is 0 Å². The minimum atomic E-state index is -4.87. The maximum absolute atomic E-state index is 14.5. The van der Waals surface area contributed by atoms with E-state index in [4.69, 9.17) is 5.73 Å². The number of piperidine rings is 2. The summed E-state index contributed by atoms with van der Waals surface area (Å²) in [5.74, 6) is -5.02. The van der Waals surface area contributed by atoms with Crippen LogP contribution in [0.15, 0.2) is 84.9 Å². The van der Waals surface area contributed by atoms with Gasteiger partial charge in [-0.25, -0.2) is 0 Å². The van der Waals surface area contributed by atoms with E-state index in [1.165, 1.54) is 37.1 Å². The zero-order valence-electron chi connectivity index (χ0n) is 26.1. The molecule has 0 radical (unpaired) electrons. The second-order valence-electron chi connectivity index (χ2n) is 12.8. The topological polar surface area (TPSA) is 122 Å². The van der Waals surface area contributed by atoms with Crippen LogP contribution in [0.4, 0.5) is 13.2 Å². The van der Waals surface area contributed by atoms with Crippen molar-refractivity contribution in [3.05, 3.63) is 107 Å². The first kappa shape index (κ1) is 33.6. The molecule has 2 heterocycles. The quantitative estimate of drug-likeness (QED) is 0.370. The maximum atomic E-state index is 14.5. The first-order chi connectivity index (χ1) is 21.8. The Kier molecular flexibility index (Phi) is 9.37. The number of carboxylic acids is 2. The largest absolute Gasteiger partial charge is 0.549 e. The van der Waals surface area contributed by atoms with E-state index in [1.54, 1.807) is 0 Å². The Morgan fingerprint density at radius 2 is 1.37 bits per heavy atom. The van der Waals surface area contributed by atoms with Crippen molar-refractivity contribution in [3.8, 4) is 0 Å². The highest BCUT2D eigenvalue weighted by Crippen LogP contribution is 2.59. The van der Waals surface area contributed by atoms with E-state index in [9.17, 15) is 33.0 Å². The molecule has 2 aliphatic rings. The van der Waals surface area contributed by atoms with Crippen molar-refractivity contribution in [1.29, 1.82) is 0 Å². The Morgan fingerprint density at radius 3 is 1.85 bits per heavy atom. The summed E-state index contributed by atoms with van der Waals surface area (Å²) in [6.45, 7) is 4.40. The van der Waals surface area contributed by atoms with Crippen molar-refractivity contribution < 1.29 is 33.0 Å². The molecule has 2 fully saturated rings. The number of nitrogens with two attached hydrogens (primary N) is 1. The highest BCUT2D eigenvalue weighted by Gasteiger charge is 2.62. The van der Waals surface area contributed by atoms with Crippen LogP contribution in [0.3, 0.4) is 0 Å². The second kappa shape index (κ2) is 12.8. The van der Waals surface area contributed by atoms with Gasteiger partial charge < -0.3 is 30.4 Å². The maximum Gasteiger partial charge on any atom is 0.416 e. The fraction of sp³-hybridized carbons (Fsp3) is 0.444. The molecule has 10 heteroatoms. The van der Waals surface area contributed by atoms with Crippen LogP contribution in [0.5, 0.6) is 0 Å². The van der Waals surface area contributed by atoms with Gasteiger partial charge in [-0.1, -0.05) is 85.8 Å². The van der Waals surface area contributed by atoms with E-state index in [0.717, 1.165) is 25.0 Å². The predicted octanol–water partition coefficient (Wildman–Crippen LogP) is 3.42. The summed E-state index contributed by atoms with van der Waals surface area (Å²) in [7, 11) is 0. The summed E-state index contributed by atoms with van der Waals surface area (Å²) < 4.78 is 43.4. The van der Waals surface area contributed by atoms with E-state index in [1.807, 2.05) is 36.4 Å². The number of carboxylic acid groups (broad SMARTS) is 2. The zero-order chi connectivity index (χ0) is 33.3. The molecule has 4 unspecified atom stereocenters. The molecule has 5 rings (SSSR count). The van der Waals surface area contributed by atoms with Crippen LogP contribution in [-0.4, -0.2) is 48.7 Å². The summed E-state index contributed by atoms with van der Waals surface area (Å²) in [6, 6.07) is 24.0. The number of likely N-dealkylation sites (tertiary alicyclic amines) is 1. The third kappa shape index (κ3) is 5.50. The molecular weight excluding hydrogens is 595 g/mol. The average molecular weight is 636 g/mol. The number of aliphatic carboxylic acids is 2. The second-order valence-corrected chi connectivity index (χ2v) is 12.8. The number of nitrogens with one attached hydrogen (secondary N) is 1. The summed E-state index contributed by atoms with van der Waals surface area (Å²) >= 11 is 0. The third-order valence-corrected chi connectivity index (χ3v) is 10.9. The molecule has 3 N–H and O–H groups in total. The highest BCUT2D eigenvalue weighted by atomic mass is 19.4. The van der Waals surface area contributed by atoms with Gasteiger partial charge in [0.25, 0.3) is 0 Å². The van der Waals surface area contributed by atoms with Gasteiger partial charge in [-0.2, -0.15) is 13.2 Å². The first-order valence-electron chi connectivity index (χ1n) is 15.8. The molecule has 0 spiro atoms. The van der Waals surface area contributed by atoms with E-state index < -0.39 is 58.2 Å². The number of rotatable bonds is 9. The van der Waals surface area contributed by atoms with Gasteiger partial charge in [-0.3, -0.25) is 5.32 Å².